The largest absolute Gasteiger partial charge is 0.479 e. The standard InChI is InChI=1S/C16H22N2O5/c1-4-12(22-11-8-6-5-7-9-11)15(20)23-13(10(2)3)14(19)18-16(17)21/h5-10,12-13H,4H2,1-3H3,(H3,17,18,19,21)/t12-,13+/m0/s1. The summed E-state index contributed by atoms with van der Waals surface area (Å²) in [7, 11) is 0. The Labute approximate surface area is 135 Å². The van der Waals surface area contributed by atoms with E-state index in [4.69, 9.17) is 15.2 Å². The van der Waals surface area contributed by atoms with Crippen molar-refractivity contribution in [3.63, 3.8) is 0 Å². The van der Waals surface area contributed by atoms with Crippen LogP contribution in [0.25, 0.3) is 0 Å². The smallest absolute Gasteiger partial charge is 0.348 e. The number of para-hydroxylation sites is 1. The van der Waals surface area contributed by atoms with Gasteiger partial charge in [0.05, 0.1) is 0 Å². The van der Waals surface area contributed by atoms with Gasteiger partial charge in [-0.2, -0.15) is 0 Å². The first-order chi connectivity index (χ1) is 10.8. The predicted octanol–water partition coefficient (Wildman–Crippen LogP) is 1.61. The Kier molecular flexibility index (Phi) is 7.05. The Balaban J connectivity index is 2.75. The van der Waals surface area contributed by atoms with Crippen LogP contribution in [0.4, 0.5) is 4.79 Å². The predicted molar refractivity (Wildman–Crippen MR) is 83.6 cm³/mol. The van der Waals surface area contributed by atoms with E-state index in [2.05, 4.69) is 0 Å². The molecule has 0 fully saturated rings. The van der Waals surface area contributed by atoms with Crippen molar-refractivity contribution in [1.29, 1.82) is 0 Å². The lowest BCUT2D eigenvalue weighted by Crippen LogP contribution is -2.47. The maximum Gasteiger partial charge on any atom is 0.348 e. The lowest BCUT2D eigenvalue weighted by molar-refractivity contribution is -0.165. The minimum Gasteiger partial charge on any atom is -0.479 e. The van der Waals surface area contributed by atoms with Gasteiger partial charge in [-0.1, -0.05) is 39.0 Å². The summed E-state index contributed by atoms with van der Waals surface area (Å²) < 4.78 is 10.8. The van der Waals surface area contributed by atoms with Crippen molar-refractivity contribution in [2.75, 3.05) is 0 Å². The number of primary amides is 1. The fourth-order valence-electron chi connectivity index (χ4n) is 1.85. The van der Waals surface area contributed by atoms with Crippen LogP contribution in [-0.4, -0.2) is 30.1 Å². The van der Waals surface area contributed by atoms with Crippen LogP contribution >= 0.6 is 0 Å². The van der Waals surface area contributed by atoms with Crippen molar-refractivity contribution in [3.8, 4) is 5.75 Å². The number of nitrogens with one attached hydrogen (secondary N) is 1. The molecule has 0 heterocycles. The van der Waals surface area contributed by atoms with Gasteiger partial charge in [-0.3, -0.25) is 10.1 Å². The van der Waals surface area contributed by atoms with Crippen LogP contribution in [0.1, 0.15) is 27.2 Å². The Morgan fingerprint density at radius 2 is 1.78 bits per heavy atom. The molecule has 1 aromatic carbocycles. The van der Waals surface area contributed by atoms with E-state index >= 15 is 0 Å². The zero-order valence-electron chi connectivity index (χ0n) is 13.4. The number of benzene rings is 1. The second-order valence-corrected chi connectivity index (χ2v) is 5.28. The number of imide groups is 1. The molecule has 3 amide bonds. The molecule has 1 aromatic rings. The highest BCUT2D eigenvalue weighted by atomic mass is 16.6. The molecule has 7 nitrogen and oxygen atoms in total. The van der Waals surface area contributed by atoms with Crippen LogP contribution in [0, 0.1) is 5.92 Å². The summed E-state index contributed by atoms with van der Waals surface area (Å²) in [6.07, 6.45) is -1.60. The third-order valence-electron chi connectivity index (χ3n) is 3.01. The third-order valence-corrected chi connectivity index (χ3v) is 3.01. The van der Waals surface area contributed by atoms with Crippen LogP contribution in [0.3, 0.4) is 0 Å². The van der Waals surface area contributed by atoms with Crippen molar-refractivity contribution in [3.05, 3.63) is 30.3 Å². The number of carbonyl (C=O) groups is 3. The van der Waals surface area contributed by atoms with Gasteiger partial charge in [0, 0.05) is 0 Å². The molecule has 0 radical (unpaired) electrons. The van der Waals surface area contributed by atoms with Gasteiger partial charge in [0.25, 0.3) is 5.91 Å². The molecule has 0 aliphatic heterocycles. The maximum absolute atomic E-state index is 12.2. The Bertz CT molecular complexity index is 545. The van der Waals surface area contributed by atoms with Gasteiger partial charge >= 0.3 is 12.0 Å². The molecule has 0 saturated carbocycles. The SMILES string of the molecule is CC[C@H](Oc1ccccc1)C(=O)O[C@@H](C(=O)NC(N)=O)C(C)C. The molecular formula is C16H22N2O5. The van der Waals surface area contributed by atoms with E-state index in [1.807, 2.05) is 11.4 Å². The van der Waals surface area contributed by atoms with Gasteiger partial charge < -0.3 is 15.2 Å². The molecule has 2 atom stereocenters. The summed E-state index contributed by atoms with van der Waals surface area (Å²) in [5, 5.41) is 1.92. The number of carbonyl (C=O) groups excluding carboxylic acids is 3. The first kappa shape index (κ1) is 18.5. The van der Waals surface area contributed by atoms with Gasteiger partial charge in [0.15, 0.2) is 12.2 Å². The summed E-state index contributed by atoms with van der Waals surface area (Å²) in [6.45, 7) is 5.15. The normalized spacial score (nSPS) is 13.0. The van der Waals surface area contributed by atoms with Gasteiger partial charge in [0.1, 0.15) is 5.75 Å². The summed E-state index contributed by atoms with van der Waals surface area (Å²) in [5.41, 5.74) is 4.91. The average Bonchev–Trinajstić information content (AvgIpc) is 2.49. The van der Waals surface area contributed by atoms with Crippen LogP contribution < -0.4 is 15.8 Å². The number of amides is 3. The summed E-state index contributed by atoms with van der Waals surface area (Å²) in [4.78, 5) is 34.9. The van der Waals surface area contributed by atoms with E-state index < -0.39 is 30.1 Å². The first-order valence-electron chi connectivity index (χ1n) is 7.37. The summed E-state index contributed by atoms with van der Waals surface area (Å²) >= 11 is 0. The highest BCUT2D eigenvalue weighted by Gasteiger charge is 2.31. The highest BCUT2D eigenvalue weighted by molar-refractivity contribution is 5.96. The molecule has 0 aliphatic rings. The van der Waals surface area contributed by atoms with Crippen molar-refractivity contribution in [1.82, 2.24) is 5.32 Å². The van der Waals surface area contributed by atoms with Crippen molar-refractivity contribution in [2.45, 2.75) is 39.4 Å². The number of rotatable bonds is 7. The zero-order valence-corrected chi connectivity index (χ0v) is 13.4. The molecular weight excluding hydrogens is 300 g/mol. The quantitative estimate of drug-likeness (QED) is 0.741. The lowest BCUT2D eigenvalue weighted by Gasteiger charge is -2.23. The van der Waals surface area contributed by atoms with E-state index in [9.17, 15) is 14.4 Å². The summed E-state index contributed by atoms with van der Waals surface area (Å²) in [5.74, 6) is -1.23. The molecule has 23 heavy (non-hydrogen) atoms. The van der Waals surface area contributed by atoms with Crippen LogP contribution in [0.2, 0.25) is 0 Å². The minimum atomic E-state index is -1.12. The molecule has 0 aromatic heterocycles. The molecule has 1 rings (SSSR count). The van der Waals surface area contributed by atoms with Gasteiger partial charge in [-0.05, 0) is 24.5 Å². The van der Waals surface area contributed by atoms with E-state index in [-0.39, 0.29) is 5.92 Å². The molecule has 0 aliphatic carbocycles. The number of urea groups is 1. The van der Waals surface area contributed by atoms with E-state index in [1.54, 1.807) is 45.0 Å². The van der Waals surface area contributed by atoms with Crippen molar-refractivity contribution >= 4 is 17.9 Å². The minimum absolute atomic E-state index is 0.326. The Hall–Kier alpha value is -2.57. The van der Waals surface area contributed by atoms with E-state index in [1.165, 1.54) is 0 Å². The van der Waals surface area contributed by atoms with Crippen LogP contribution in [0.15, 0.2) is 30.3 Å². The number of nitrogens with two attached hydrogens (primary N) is 1. The van der Waals surface area contributed by atoms with Crippen LogP contribution in [-0.2, 0) is 14.3 Å². The van der Waals surface area contributed by atoms with E-state index in [0.29, 0.717) is 12.2 Å². The molecule has 7 heteroatoms. The van der Waals surface area contributed by atoms with Gasteiger partial charge in [-0.15, -0.1) is 0 Å². The van der Waals surface area contributed by atoms with Gasteiger partial charge in [0.2, 0.25) is 0 Å². The number of esters is 1. The lowest BCUT2D eigenvalue weighted by atomic mass is 10.1. The van der Waals surface area contributed by atoms with Crippen molar-refractivity contribution in [2.24, 2.45) is 11.7 Å². The first-order valence-corrected chi connectivity index (χ1v) is 7.37. The molecule has 0 bridgehead atoms. The second-order valence-electron chi connectivity index (χ2n) is 5.28. The number of hydrogen-bond donors (Lipinski definition) is 2. The summed E-state index contributed by atoms with van der Waals surface area (Å²) in [6, 6.07) is 7.83. The highest BCUT2D eigenvalue weighted by Crippen LogP contribution is 2.15. The molecule has 126 valence electrons. The maximum atomic E-state index is 12.2. The average molecular weight is 322 g/mol. The van der Waals surface area contributed by atoms with Crippen molar-refractivity contribution < 1.29 is 23.9 Å². The number of ether oxygens (including phenoxy) is 2. The number of hydrogen-bond acceptors (Lipinski definition) is 5. The van der Waals surface area contributed by atoms with Gasteiger partial charge in [-0.25, -0.2) is 9.59 Å². The molecule has 0 spiro atoms. The van der Waals surface area contributed by atoms with Crippen LogP contribution in [0.5, 0.6) is 5.75 Å². The second kappa shape index (κ2) is 8.77. The monoisotopic (exact) mass is 322 g/mol. The molecule has 0 saturated heterocycles. The third kappa shape index (κ3) is 5.98. The Morgan fingerprint density at radius 3 is 2.26 bits per heavy atom. The molecule has 0 unspecified atom stereocenters. The Morgan fingerprint density at radius 1 is 1.17 bits per heavy atom. The zero-order chi connectivity index (χ0) is 17.4. The fraction of sp³-hybridized carbons (Fsp3) is 0.438. The van der Waals surface area contributed by atoms with E-state index in [0.717, 1.165) is 0 Å². The molecule has 3 N–H and O–H groups in total. The fourth-order valence-corrected chi connectivity index (χ4v) is 1.85. The topological polar surface area (TPSA) is 108 Å².